The Morgan fingerprint density at radius 3 is 1.88 bits per heavy atom. The minimum Gasteiger partial charge on any atom is -0.455 e. The van der Waals surface area contributed by atoms with E-state index in [0.717, 1.165) is 62.1 Å². The number of aliphatic imine (C=N–C) groups is 1. The zero-order valence-electron chi connectivity index (χ0n) is 43.2. The predicted octanol–water partition coefficient (Wildman–Crippen LogP) is 19.7. The van der Waals surface area contributed by atoms with Gasteiger partial charge in [-0.1, -0.05) is 176 Å². The Morgan fingerprint density at radius 2 is 1.11 bits per heavy atom. The molecule has 0 fully saturated rings. The number of nitrogens with zero attached hydrogens (tertiary/aromatic N) is 3. The fraction of sp³-hybridized carbons (Fsp3) is 0.0694. The van der Waals surface area contributed by atoms with Crippen molar-refractivity contribution in [1.82, 2.24) is 9.13 Å². The number of para-hydroxylation sites is 4. The predicted molar refractivity (Wildman–Crippen MR) is 324 cm³/mol. The van der Waals surface area contributed by atoms with Crippen molar-refractivity contribution < 1.29 is 4.42 Å². The van der Waals surface area contributed by atoms with E-state index in [9.17, 15) is 0 Å². The molecule has 0 aliphatic heterocycles. The number of benzene rings is 10. The monoisotopic (exact) mass is 977 g/mol. The summed E-state index contributed by atoms with van der Waals surface area (Å²) >= 11 is 0. The second kappa shape index (κ2) is 19.1. The van der Waals surface area contributed by atoms with Crippen molar-refractivity contribution in [1.29, 1.82) is 0 Å². The molecule has 0 saturated carbocycles. The molecule has 13 aromatic rings. The van der Waals surface area contributed by atoms with E-state index < -0.39 is 0 Å². The van der Waals surface area contributed by atoms with Gasteiger partial charge in [0.2, 0.25) is 0 Å². The number of fused-ring (bicyclic) bond motifs is 12. The summed E-state index contributed by atoms with van der Waals surface area (Å²) < 4.78 is 11.2. The number of hydrogen-bond acceptors (Lipinski definition) is 2. The van der Waals surface area contributed by atoms with Gasteiger partial charge in [0.25, 0.3) is 0 Å². The van der Waals surface area contributed by atoms with Crippen LogP contribution in [0.5, 0.6) is 0 Å². The first-order chi connectivity index (χ1) is 37.3. The molecule has 10 aromatic carbocycles. The van der Waals surface area contributed by atoms with E-state index in [-0.39, 0.29) is 0 Å². The molecule has 1 aliphatic rings. The van der Waals surface area contributed by atoms with Gasteiger partial charge in [-0.05, 0) is 155 Å². The Kier molecular flexibility index (Phi) is 11.6. The molecule has 76 heavy (non-hydrogen) atoms. The average Bonchev–Trinajstić information content (AvgIpc) is 4.26. The third-order valence-electron chi connectivity index (χ3n) is 15.5. The second-order valence-electron chi connectivity index (χ2n) is 19.9. The molecule has 0 bridgehead atoms. The van der Waals surface area contributed by atoms with Crippen LogP contribution in [0.15, 0.2) is 258 Å². The number of allylic oxidation sites excluding steroid dienone is 5. The minimum absolute atomic E-state index is 0.914. The Labute approximate surface area is 443 Å². The molecule has 14 rings (SSSR count). The number of furan rings is 1. The van der Waals surface area contributed by atoms with Crippen molar-refractivity contribution in [2.45, 2.75) is 27.2 Å². The summed E-state index contributed by atoms with van der Waals surface area (Å²) in [6.45, 7) is 9.88. The van der Waals surface area contributed by atoms with E-state index in [0.29, 0.717) is 0 Å². The summed E-state index contributed by atoms with van der Waals surface area (Å²) in [5.74, 6) is 0. The van der Waals surface area contributed by atoms with Crippen LogP contribution in [0.1, 0.15) is 30.5 Å². The van der Waals surface area contributed by atoms with E-state index in [1.165, 1.54) is 93.7 Å². The van der Waals surface area contributed by atoms with Gasteiger partial charge in [0, 0.05) is 67.4 Å². The highest BCUT2D eigenvalue weighted by Crippen LogP contribution is 2.44. The van der Waals surface area contributed by atoms with Crippen LogP contribution >= 0.6 is 0 Å². The first kappa shape index (κ1) is 46.3. The lowest BCUT2D eigenvalue weighted by atomic mass is 9.94. The summed E-state index contributed by atoms with van der Waals surface area (Å²) in [6.07, 6.45) is 8.79. The summed E-state index contributed by atoms with van der Waals surface area (Å²) in [5.41, 5.74) is 24.8. The lowest BCUT2D eigenvalue weighted by molar-refractivity contribution is 0.670. The Morgan fingerprint density at radius 1 is 0.526 bits per heavy atom. The van der Waals surface area contributed by atoms with Crippen LogP contribution < -0.4 is 0 Å². The van der Waals surface area contributed by atoms with E-state index in [1.807, 2.05) is 68.5 Å². The Bertz CT molecular complexity index is 4550. The lowest BCUT2D eigenvalue weighted by Gasteiger charge is -2.11. The molecule has 364 valence electrons. The zero-order chi connectivity index (χ0) is 51.4. The maximum atomic E-state index is 6.44. The third kappa shape index (κ3) is 7.89. The van der Waals surface area contributed by atoms with Gasteiger partial charge in [-0.15, -0.1) is 0 Å². The molecule has 4 heteroatoms. The van der Waals surface area contributed by atoms with Crippen LogP contribution in [0.3, 0.4) is 0 Å². The SMILES string of the molecule is C=C/C(=C\C=C/C)C(C)=Nc1ccccc1C.Cn1c2ccccc2c2cc(-c3ccc4c(c3)c3cc(-c5cccc6c5Cc5ccccc5-6)ccc3n4-c3ccc(-c4cccc5c4oc4ccccc45)cc3)ccc21. The molecule has 4 nitrogen and oxygen atoms in total. The van der Waals surface area contributed by atoms with E-state index in [2.05, 4.69) is 217 Å². The fourth-order valence-corrected chi connectivity index (χ4v) is 11.7. The number of aryl methyl sites for hydroxylation is 2. The van der Waals surface area contributed by atoms with Crippen LogP contribution in [0.4, 0.5) is 5.69 Å². The Balaban J connectivity index is 0.000000281. The van der Waals surface area contributed by atoms with E-state index in [4.69, 9.17) is 4.42 Å². The van der Waals surface area contributed by atoms with Crippen molar-refractivity contribution in [3.8, 4) is 50.2 Å². The van der Waals surface area contributed by atoms with Gasteiger partial charge in [-0.2, -0.15) is 0 Å². The van der Waals surface area contributed by atoms with Crippen molar-refractivity contribution >= 4 is 76.9 Å². The van der Waals surface area contributed by atoms with Gasteiger partial charge in [-0.25, -0.2) is 0 Å². The largest absolute Gasteiger partial charge is 0.455 e. The van der Waals surface area contributed by atoms with Gasteiger partial charge in [0.05, 0.1) is 16.7 Å². The first-order valence-electron chi connectivity index (χ1n) is 26.2. The number of rotatable bonds is 8. The highest BCUT2D eigenvalue weighted by atomic mass is 16.3. The topological polar surface area (TPSA) is 35.4 Å². The summed E-state index contributed by atoms with van der Waals surface area (Å²) in [5, 5.41) is 7.34. The fourth-order valence-electron chi connectivity index (χ4n) is 11.7. The molecule has 1 aliphatic carbocycles. The minimum atomic E-state index is 0.914. The molecule has 3 heterocycles. The maximum Gasteiger partial charge on any atom is 0.143 e. The van der Waals surface area contributed by atoms with Crippen LogP contribution in [0.2, 0.25) is 0 Å². The van der Waals surface area contributed by atoms with E-state index >= 15 is 0 Å². The number of hydrogen-bond donors (Lipinski definition) is 0. The second-order valence-corrected chi connectivity index (χ2v) is 19.9. The quantitative estimate of drug-likeness (QED) is 0.110. The van der Waals surface area contributed by atoms with E-state index in [1.54, 1.807) is 0 Å². The maximum absolute atomic E-state index is 6.44. The molecule has 0 N–H and O–H groups in total. The van der Waals surface area contributed by atoms with Crippen LogP contribution in [0.25, 0.3) is 116 Å². The standard InChI is InChI=1S/C56H36N2O.C16H19N/c1-57-51-18-6-4-12-44(51)48-30-35(22-27-52(48)57)36-23-28-53-49(31-36)50-33-38(41-14-8-16-43-40-11-3-2-10-37(40)32-47(41)43)24-29-54(50)58(53)39-25-20-34(21-26-39)42-15-9-17-46-45-13-5-7-19-55(45)59-56(42)46;1-5-7-11-15(6-2)14(4)17-16-12-9-8-10-13(16)3/h2-31,33H,32H2,1H3;5-12H,2H2,1,3-4H3/b;7-5-,15-11+,17-14?. The van der Waals surface area contributed by atoms with Gasteiger partial charge in [0.1, 0.15) is 11.2 Å². The van der Waals surface area contributed by atoms with Crippen LogP contribution in [-0.4, -0.2) is 14.8 Å². The van der Waals surface area contributed by atoms with Crippen molar-refractivity contribution in [2.24, 2.45) is 12.0 Å². The molecular formula is C72H55N3O. The highest BCUT2D eigenvalue weighted by molar-refractivity contribution is 6.14. The van der Waals surface area contributed by atoms with Gasteiger partial charge in [-0.3, -0.25) is 4.99 Å². The molecular weight excluding hydrogens is 923 g/mol. The molecule has 0 spiro atoms. The van der Waals surface area contributed by atoms with Gasteiger partial charge in [0.15, 0.2) is 0 Å². The van der Waals surface area contributed by atoms with Crippen molar-refractivity contribution in [3.05, 3.63) is 265 Å². The molecule has 0 saturated heterocycles. The normalized spacial score (nSPS) is 12.6. The smallest absolute Gasteiger partial charge is 0.143 e. The summed E-state index contributed by atoms with van der Waals surface area (Å²) in [4.78, 5) is 4.63. The molecule has 0 unspecified atom stereocenters. The molecule has 0 atom stereocenters. The third-order valence-corrected chi connectivity index (χ3v) is 15.5. The highest BCUT2D eigenvalue weighted by Gasteiger charge is 2.23. The number of aromatic nitrogens is 2. The van der Waals surface area contributed by atoms with Crippen molar-refractivity contribution in [2.75, 3.05) is 0 Å². The van der Waals surface area contributed by atoms with Gasteiger partial charge >= 0.3 is 0 Å². The average molecular weight is 978 g/mol. The Hall–Kier alpha value is -9.51. The van der Waals surface area contributed by atoms with Gasteiger partial charge < -0.3 is 13.6 Å². The van der Waals surface area contributed by atoms with Crippen molar-refractivity contribution in [3.63, 3.8) is 0 Å². The molecule has 0 radical (unpaired) electrons. The van der Waals surface area contributed by atoms with Crippen LogP contribution in [-0.2, 0) is 13.5 Å². The molecule has 0 amide bonds. The first-order valence-corrected chi connectivity index (χ1v) is 26.2. The zero-order valence-corrected chi connectivity index (χ0v) is 43.2. The summed E-state index contributed by atoms with van der Waals surface area (Å²) in [6, 6.07) is 77.2. The molecule has 3 aromatic heterocycles. The lowest BCUT2D eigenvalue weighted by Crippen LogP contribution is -1.94. The van der Waals surface area contributed by atoms with Crippen LogP contribution in [0, 0.1) is 6.92 Å². The summed E-state index contributed by atoms with van der Waals surface area (Å²) in [7, 11) is 2.16.